The minimum Gasteiger partial charge on any atom is -0.464 e. The van der Waals surface area contributed by atoms with Gasteiger partial charge in [0.05, 0.1) is 47.5 Å². The Kier molecular flexibility index (Phi) is 18.0. The van der Waals surface area contributed by atoms with Gasteiger partial charge in [0.1, 0.15) is 6.61 Å². The lowest BCUT2D eigenvalue weighted by Gasteiger charge is -2.23. The highest BCUT2D eigenvalue weighted by Crippen LogP contribution is 2.03. The van der Waals surface area contributed by atoms with Crippen molar-refractivity contribution in [1.82, 2.24) is 10.2 Å². The highest BCUT2D eigenvalue weighted by Gasteiger charge is 2.20. The molecule has 0 saturated heterocycles. The molecule has 0 radical (unpaired) electrons. The molecule has 0 aliphatic rings. The number of carbonyl (C=O) groups is 3. The summed E-state index contributed by atoms with van der Waals surface area (Å²) >= 11 is 16.3. The van der Waals surface area contributed by atoms with Crippen molar-refractivity contribution in [2.45, 2.75) is 19.3 Å². The van der Waals surface area contributed by atoms with Crippen molar-refractivity contribution in [3.8, 4) is 0 Å². The summed E-state index contributed by atoms with van der Waals surface area (Å²) in [4.78, 5) is 37.6. The number of ether oxygens (including phenoxy) is 1. The predicted molar refractivity (Wildman–Crippen MR) is 143 cm³/mol. The fourth-order valence-corrected chi connectivity index (χ4v) is 7.56. The van der Waals surface area contributed by atoms with Gasteiger partial charge in [-0.05, 0) is 0 Å². The normalized spacial score (nSPS) is 12.2. The van der Waals surface area contributed by atoms with E-state index in [2.05, 4.69) is 5.32 Å². The van der Waals surface area contributed by atoms with Crippen LogP contribution in [0.4, 0.5) is 0 Å². The number of halogens is 3. The van der Waals surface area contributed by atoms with Crippen LogP contribution in [-0.4, -0.2) is 126 Å². The van der Waals surface area contributed by atoms with Gasteiger partial charge in [-0.25, -0.2) is 25.3 Å². The summed E-state index contributed by atoms with van der Waals surface area (Å²) < 4.78 is 75.3. The number of esters is 1. The van der Waals surface area contributed by atoms with Crippen LogP contribution in [-0.2, 0) is 48.6 Å². The second kappa shape index (κ2) is 18.4. The second-order valence-electron chi connectivity index (χ2n) is 7.72. The van der Waals surface area contributed by atoms with E-state index in [1.807, 2.05) is 0 Å². The van der Waals surface area contributed by atoms with Gasteiger partial charge in [0.2, 0.25) is 11.8 Å². The summed E-state index contributed by atoms with van der Waals surface area (Å²) in [5.41, 5.74) is 0. The molecule has 18 heteroatoms. The van der Waals surface area contributed by atoms with Crippen molar-refractivity contribution in [2.75, 3.05) is 78.4 Å². The Hall–Kier alpha value is -0.870. The Bertz CT molecular complexity index is 993. The molecule has 218 valence electrons. The standard InChI is InChI=1S/C19H33Cl3N2O10S3/c20-4-14-35(28,29)11-1-17(25)23-7-8-24(18(26)2-12-36(30,31)15-5-21)9-10-34-19(27)3-13-37(32,33)16-6-22/h1-16H2,(H,23,25). The minimum absolute atomic E-state index is 0.0703. The lowest BCUT2D eigenvalue weighted by atomic mass is 10.3. The fraction of sp³-hybridized carbons (Fsp3) is 0.842. The maximum absolute atomic E-state index is 12.6. The molecule has 0 aromatic heterocycles. The van der Waals surface area contributed by atoms with E-state index in [0.29, 0.717) is 0 Å². The maximum atomic E-state index is 12.6. The molecule has 12 nitrogen and oxygen atoms in total. The number of hydrogen-bond donors (Lipinski definition) is 1. The number of rotatable bonds is 21. The van der Waals surface area contributed by atoms with E-state index in [9.17, 15) is 39.6 Å². The van der Waals surface area contributed by atoms with Crippen molar-refractivity contribution in [3.63, 3.8) is 0 Å². The second-order valence-corrected chi connectivity index (χ2v) is 15.8. The smallest absolute Gasteiger partial charge is 0.306 e. The third kappa shape index (κ3) is 18.9. The molecule has 0 heterocycles. The molecule has 0 aliphatic carbocycles. The first kappa shape index (κ1) is 36.1. The van der Waals surface area contributed by atoms with Crippen molar-refractivity contribution < 1.29 is 44.4 Å². The highest BCUT2D eigenvalue weighted by atomic mass is 35.5. The zero-order valence-electron chi connectivity index (χ0n) is 20.2. The number of carbonyl (C=O) groups excluding carboxylic acids is 3. The summed E-state index contributed by atoms with van der Waals surface area (Å²) in [6.45, 7) is -0.580. The zero-order valence-corrected chi connectivity index (χ0v) is 24.9. The van der Waals surface area contributed by atoms with Gasteiger partial charge in [-0.3, -0.25) is 14.4 Å². The van der Waals surface area contributed by atoms with Gasteiger partial charge in [-0.2, -0.15) is 0 Å². The lowest BCUT2D eigenvalue weighted by molar-refractivity contribution is -0.145. The van der Waals surface area contributed by atoms with Gasteiger partial charge in [-0.15, -0.1) is 34.8 Å². The van der Waals surface area contributed by atoms with Gasteiger partial charge in [-0.1, -0.05) is 0 Å². The molecular formula is C19H33Cl3N2O10S3. The molecule has 0 spiro atoms. The summed E-state index contributed by atoms with van der Waals surface area (Å²) in [5.74, 6) is -4.37. The molecule has 1 N–H and O–H groups in total. The van der Waals surface area contributed by atoms with Crippen molar-refractivity contribution in [1.29, 1.82) is 0 Å². The number of amides is 2. The number of nitrogens with one attached hydrogen (secondary N) is 1. The number of sulfone groups is 3. The van der Waals surface area contributed by atoms with E-state index >= 15 is 0 Å². The Balaban J connectivity index is 4.89. The van der Waals surface area contributed by atoms with Crippen molar-refractivity contribution in [3.05, 3.63) is 0 Å². The fourth-order valence-electron chi connectivity index (χ4n) is 2.67. The largest absolute Gasteiger partial charge is 0.464 e. The third-order valence-electron chi connectivity index (χ3n) is 4.73. The molecule has 0 saturated carbocycles. The van der Waals surface area contributed by atoms with Crippen LogP contribution in [0.1, 0.15) is 19.3 Å². The monoisotopic (exact) mass is 650 g/mol. The van der Waals surface area contributed by atoms with E-state index in [-0.39, 0.29) is 79.7 Å². The molecule has 0 atom stereocenters. The molecule has 0 fully saturated rings. The molecule has 0 bridgehead atoms. The Morgan fingerprint density at radius 1 is 0.649 bits per heavy atom. The van der Waals surface area contributed by atoms with Crippen LogP contribution in [0.3, 0.4) is 0 Å². The van der Waals surface area contributed by atoms with Crippen LogP contribution in [0, 0.1) is 0 Å². The number of nitrogens with zero attached hydrogens (tertiary/aromatic N) is 1. The summed E-state index contributed by atoms with van der Waals surface area (Å²) in [7, 11) is -10.5. The quantitative estimate of drug-likeness (QED) is 0.127. The van der Waals surface area contributed by atoms with Crippen LogP contribution in [0.15, 0.2) is 0 Å². The molecule has 37 heavy (non-hydrogen) atoms. The Morgan fingerprint density at radius 2 is 1.11 bits per heavy atom. The lowest BCUT2D eigenvalue weighted by Crippen LogP contribution is -2.41. The zero-order chi connectivity index (χ0) is 28.5. The maximum Gasteiger partial charge on any atom is 0.306 e. The van der Waals surface area contributed by atoms with Crippen molar-refractivity contribution in [2.24, 2.45) is 0 Å². The minimum atomic E-state index is -3.55. The van der Waals surface area contributed by atoms with Crippen LogP contribution in [0.2, 0.25) is 0 Å². The predicted octanol–water partition coefficient (Wildman–Crippen LogP) is -0.394. The summed E-state index contributed by atoms with van der Waals surface area (Å²) in [6.07, 6.45) is -1.06. The molecule has 2 amide bonds. The van der Waals surface area contributed by atoms with Crippen molar-refractivity contribution >= 4 is 82.1 Å². The summed E-state index contributed by atoms with van der Waals surface area (Å²) in [6, 6.07) is 0. The SMILES string of the molecule is O=C(CCS(=O)(=O)CCCl)NCCN(CCOC(=O)CCS(=O)(=O)CCCl)C(=O)CCS(=O)(=O)CCCl. The molecule has 0 aliphatic heterocycles. The molecule has 0 aromatic rings. The third-order valence-corrected chi connectivity index (χ3v) is 10.9. The van der Waals surface area contributed by atoms with Crippen LogP contribution >= 0.6 is 34.8 Å². The van der Waals surface area contributed by atoms with Crippen LogP contribution < -0.4 is 5.32 Å². The topological polar surface area (TPSA) is 178 Å². The van der Waals surface area contributed by atoms with E-state index < -0.39 is 65.2 Å². The Morgan fingerprint density at radius 3 is 1.59 bits per heavy atom. The average Bonchev–Trinajstić information content (AvgIpc) is 2.79. The van der Waals surface area contributed by atoms with E-state index in [0.717, 1.165) is 0 Å². The highest BCUT2D eigenvalue weighted by molar-refractivity contribution is 7.92. The number of alkyl halides is 3. The molecule has 0 rings (SSSR count). The first-order valence-electron chi connectivity index (χ1n) is 11.2. The molecule has 0 unspecified atom stereocenters. The van der Waals surface area contributed by atoms with E-state index in [1.54, 1.807) is 0 Å². The van der Waals surface area contributed by atoms with Crippen LogP contribution in [0.5, 0.6) is 0 Å². The molecule has 0 aromatic carbocycles. The average molecular weight is 652 g/mol. The Labute approximate surface area is 233 Å². The first-order chi connectivity index (χ1) is 17.2. The van der Waals surface area contributed by atoms with E-state index in [4.69, 9.17) is 39.5 Å². The molecular weight excluding hydrogens is 619 g/mol. The van der Waals surface area contributed by atoms with Gasteiger partial charge in [0.25, 0.3) is 0 Å². The van der Waals surface area contributed by atoms with Gasteiger partial charge >= 0.3 is 5.97 Å². The van der Waals surface area contributed by atoms with Gasteiger partial charge in [0, 0.05) is 43.6 Å². The first-order valence-corrected chi connectivity index (χ1v) is 18.2. The van der Waals surface area contributed by atoms with Gasteiger partial charge < -0.3 is 15.0 Å². The van der Waals surface area contributed by atoms with E-state index in [1.165, 1.54) is 4.90 Å². The van der Waals surface area contributed by atoms with Gasteiger partial charge in [0.15, 0.2) is 29.5 Å². The summed E-state index contributed by atoms with van der Waals surface area (Å²) in [5, 5.41) is 2.47. The van der Waals surface area contributed by atoms with Crippen LogP contribution in [0.25, 0.3) is 0 Å². The number of hydrogen-bond acceptors (Lipinski definition) is 10.